The molecule has 2 nitrogen and oxygen atoms in total. The van der Waals surface area contributed by atoms with Gasteiger partial charge in [0.25, 0.3) is 0 Å². The van der Waals surface area contributed by atoms with E-state index in [9.17, 15) is 4.79 Å². The van der Waals surface area contributed by atoms with Crippen molar-refractivity contribution in [2.45, 2.75) is 39.2 Å². The third-order valence-corrected chi connectivity index (χ3v) is 1.27. The monoisotopic (exact) mass is 144 g/mol. The summed E-state index contributed by atoms with van der Waals surface area (Å²) in [6.45, 7) is 6.64. The molecule has 10 heavy (non-hydrogen) atoms. The molecule has 0 atom stereocenters. The lowest BCUT2D eigenvalue weighted by Crippen LogP contribution is -2.25. The number of ether oxygens (including phenoxy) is 1. The molecule has 0 aliphatic heterocycles. The van der Waals surface area contributed by atoms with Gasteiger partial charge in [0.05, 0.1) is 5.60 Å². The topological polar surface area (TPSA) is 26.3 Å². The quantitative estimate of drug-likeness (QED) is 0.550. The molecule has 0 aromatic rings. The summed E-state index contributed by atoms with van der Waals surface area (Å²) in [4.78, 5) is 10.1. The molecule has 0 saturated heterocycles. The molecule has 0 N–H and O–H groups in total. The number of rotatable bonds is 5. The van der Waals surface area contributed by atoms with Crippen LogP contribution in [-0.2, 0) is 9.53 Å². The molecule has 0 fully saturated rings. The summed E-state index contributed by atoms with van der Waals surface area (Å²) < 4.78 is 5.39. The van der Waals surface area contributed by atoms with Crippen LogP contribution in [0.25, 0.3) is 0 Å². The van der Waals surface area contributed by atoms with Crippen LogP contribution in [0.3, 0.4) is 0 Å². The fourth-order valence-corrected chi connectivity index (χ4v) is 0.638. The standard InChI is InChI=1S/C8H16O2/c1-4-7-10-8(2,3)5-6-9/h6H,4-5,7H2,1-3H3. The molecule has 0 bridgehead atoms. The average molecular weight is 144 g/mol. The highest BCUT2D eigenvalue weighted by Gasteiger charge is 2.16. The largest absolute Gasteiger partial charge is 0.375 e. The van der Waals surface area contributed by atoms with Crippen molar-refractivity contribution in [1.29, 1.82) is 0 Å². The Morgan fingerprint density at radius 3 is 2.50 bits per heavy atom. The third-order valence-electron chi connectivity index (χ3n) is 1.27. The molecule has 0 aromatic carbocycles. The summed E-state index contributed by atoms with van der Waals surface area (Å²) in [5, 5.41) is 0. The fraction of sp³-hybridized carbons (Fsp3) is 0.875. The predicted octanol–water partition coefficient (Wildman–Crippen LogP) is 1.78. The maximum Gasteiger partial charge on any atom is 0.122 e. The van der Waals surface area contributed by atoms with Crippen LogP contribution < -0.4 is 0 Å². The SMILES string of the molecule is CCCOC(C)(C)CC=O. The molecular formula is C8H16O2. The van der Waals surface area contributed by atoms with Crippen molar-refractivity contribution >= 4 is 6.29 Å². The zero-order chi connectivity index (χ0) is 8.04. The van der Waals surface area contributed by atoms with E-state index in [0.29, 0.717) is 6.42 Å². The molecule has 0 spiro atoms. The highest BCUT2D eigenvalue weighted by Crippen LogP contribution is 2.12. The van der Waals surface area contributed by atoms with Gasteiger partial charge < -0.3 is 9.53 Å². The molecule has 0 aliphatic carbocycles. The number of aldehydes is 1. The van der Waals surface area contributed by atoms with Gasteiger partial charge in [-0.05, 0) is 20.3 Å². The molecule has 0 unspecified atom stereocenters. The van der Waals surface area contributed by atoms with Crippen molar-refractivity contribution in [2.24, 2.45) is 0 Å². The molecule has 2 heteroatoms. The van der Waals surface area contributed by atoms with Gasteiger partial charge in [-0.2, -0.15) is 0 Å². The van der Waals surface area contributed by atoms with Gasteiger partial charge in [-0.3, -0.25) is 0 Å². The minimum Gasteiger partial charge on any atom is -0.375 e. The molecule has 0 radical (unpaired) electrons. The van der Waals surface area contributed by atoms with Crippen LogP contribution in [0.15, 0.2) is 0 Å². The number of carbonyl (C=O) groups is 1. The van der Waals surface area contributed by atoms with Gasteiger partial charge in [0.2, 0.25) is 0 Å². The lowest BCUT2D eigenvalue weighted by atomic mass is 10.1. The van der Waals surface area contributed by atoms with E-state index in [0.717, 1.165) is 19.3 Å². The zero-order valence-electron chi connectivity index (χ0n) is 7.02. The Morgan fingerprint density at radius 1 is 1.50 bits per heavy atom. The third kappa shape index (κ3) is 4.50. The summed E-state index contributed by atoms with van der Waals surface area (Å²) in [7, 11) is 0. The van der Waals surface area contributed by atoms with Crippen LogP contribution in [0.4, 0.5) is 0 Å². The summed E-state index contributed by atoms with van der Waals surface area (Å²) >= 11 is 0. The van der Waals surface area contributed by atoms with E-state index in [1.807, 2.05) is 13.8 Å². The molecule has 0 aliphatic rings. The first kappa shape index (κ1) is 9.63. The maximum atomic E-state index is 10.1. The van der Waals surface area contributed by atoms with E-state index < -0.39 is 0 Å². The van der Waals surface area contributed by atoms with Crippen molar-refractivity contribution in [3.05, 3.63) is 0 Å². The summed E-state index contributed by atoms with van der Waals surface area (Å²) in [5.41, 5.74) is -0.266. The van der Waals surface area contributed by atoms with Crippen molar-refractivity contribution < 1.29 is 9.53 Å². The number of hydrogen-bond acceptors (Lipinski definition) is 2. The Morgan fingerprint density at radius 2 is 2.10 bits per heavy atom. The first-order chi connectivity index (χ1) is 4.62. The number of carbonyl (C=O) groups excluding carboxylic acids is 1. The Hall–Kier alpha value is -0.370. The first-order valence-electron chi connectivity index (χ1n) is 3.70. The second kappa shape index (κ2) is 4.45. The van der Waals surface area contributed by atoms with Gasteiger partial charge in [0.1, 0.15) is 6.29 Å². The van der Waals surface area contributed by atoms with E-state index in [2.05, 4.69) is 6.92 Å². The van der Waals surface area contributed by atoms with E-state index in [4.69, 9.17) is 4.74 Å². The molecule has 0 saturated carbocycles. The van der Waals surface area contributed by atoms with Crippen LogP contribution in [0.1, 0.15) is 33.6 Å². The van der Waals surface area contributed by atoms with Crippen LogP contribution in [0.2, 0.25) is 0 Å². The van der Waals surface area contributed by atoms with Crippen molar-refractivity contribution in [3.63, 3.8) is 0 Å². The highest BCUT2D eigenvalue weighted by atomic mass is 16.5. The Labute approximate surface area is 62.6 Å². The van der Waals surface area contributed by atoms with E-state index in [1.54, 1.807) is 0 Å². The molecule has 0 aromatic heterocycles. The summed E-state index contributed by atoms with van der Waals surface area (Å²) in [6.07, 6.45) is 2.38. The van der Waals surface area contributed by atoms with E-state index in [-0.39, 0.29) is 5.60 Å². The minimum absolute atomic E-state index is 0.266. The minimum atomic E-state index is -0.266. The second-order valence-corrected chi connectivity index (χ2v) is 2.98. The number of hydrogen-bond donors (Lipinski definition) is 0. The van der Waals surface area contributed by atoms with Crippen molar-refractivity contribution in [1.82, 2.24) is 0 Å². The smallest absolute Gasteiger partial charge is 0.122 e. The molecule has 60 valence electrons. The lowest BCUT2D eigenvalue weighted by Gasteiger charge is -2.21. The van der Waals surface area contributed by atoms with Crippen LogP contribution in [-0.4, -0.2) is 18.5 Å². The normalized spacial score (nSPS) is 11.5. The predicted molar refractivity (Wildman–Crippen MR) is 41.0 cm³/mol. The van der Waals surface area contributed by atoms with Gasteiger partial charge in [0.15, 0.2) is 0 Å². The Balaban J connectivity index is 3.51. The Kier molecular flexibility index (Phi) is 4.28. The first-order valence-corrected chi connectivity index (χ1v) is 3.70. The molecule has 0 amide bonds. The van der Waals surface area contributed by atoms with E-state index in [1.165, 1.54) is 0 Å². The van der Waals surface area contributed by atoms with Gasteiger partial charge in [0, 0.05) is 13.0 Å². The summed E-state index contributed by atoms with van der Waals surface area (Å²) in [5.74, 6) is 0. The van der Waals surface area contributed by atoms with Gasteiger partial charge in [-0.1, -0.05) is 6.92 Å². The fourth-order valence-electron chi connectivity index (χ4n) is 0.638. The summed E-state index contributed by atoms with van der Waals surface area (Å²) in [6, 6.07) is 0. The van der Waals surface area contributed by atoms with Crippen molar-refractivity contribution in [3.8, 4) is 0 Å². The van der Waals surface area contributed by atoms with Crippen molar-refractivity contribution in [2.75, 3.05) is 6.61 Å². The molecule has 0 rings (SSSR count). The second-order valence-electron chi connectivity index (χ2n) is 2.98. The molecule has 0 heterocycles. The highest BCUT2D eigenvalue weighted by molar-refractivity contribution is 5.51. The van der Waals surface area contributed by atoms with Gasteiger partial charge in [-0.15, -0.1) is 0 Å². The lowest BCUT2D eigenvalue weighted by molar-refractivity contribution is -0.113. The zero-order valence-corrected chi connectivity index (χ0v) is 7.02. The van der Waals surface area contributed by atoms with E-state index >= 15 is 0 Å². The van der Waals surface area contributed by atoms with Crippen LogP contribution in [0.5, 0.6) is 0 Å². The maximum absolute atomic E-state index is 10.1. The van der Waals surface area contributed by atoms with Crippen LogP contribution in [0, 0.1) is 0 Å². The van der Waals surface area contributed by atoms with Gasteiger partial charge >= 0.3 is 0 Å². The van der Waals surface area contributed by atoms with Gasteiger partial charge in [-0.25, -0.2) is 0 Å². The Bertz CT molecular complexity index is 97.4. The average Bonchev–Trinajstić information content (AvgIpc) is 1.84. The molecular weight excluding hydrogens is 128 g/mol. The van der Waals surface area contributed by atoms with Crippen LogP contribution >= 0.6 is 0 Å².